The van der Waals surface area contributed by atoms with E-state index in [2.05, 4.69) is 0 Å². The lowest BCUT2D eigenvalue weighted by Crippen LogP contribution is -2.42. The average Bonchev–Trinajstić information content (AvgIpc) is 2.28. The molecule has 1 aliphatic heterocycles. The lowest BCUT2D eigenvalue weighted by Gasteiger charge is -2.30. The first-order chi connectivity index (χ1) is 8.08. The minimum Gasteiger partial charge on any atom is -0.507 e. The summed E-state index contributed by atoms with van der Waals surface area (Å²) in [5.74, 6) is -1.32. The van der Waals surface area contributed by atoms with E-state index < -0.39 is 11.9 Å². The molecule has 92 valence electrons. The van der Waals surface area contributed by atoms with Gasteiger partial charge in [-0.25, -0.2) is 4.39 Å². The third-order valence-corrected chi connectivity index (χ3v) is 2.87. The SMILES string of the molecule is O=C(c1ccc(F)cc1O)N1CCC[C@H](O)C1. The van der Waals surface area contributed by atoms with E-state index in [-0.39, 0.29) is 23.8 Å². The number of rotatable bonds is 1. The highest BCUT2D eigenvalue weighted by Crippen LogP contribution is 2.21. The summed E-state index contributed by atoms with van der Waals surface area (Å²) in [6.45, 7) is 0.808. The van der Waals surface area contributed by atoms with E-state index in [0.29, 0.717) is 13.0 Å². The van der Waals surface area contributed by atoms with Gasteiger partial charge in [-0.3, -0.25) is 4.79 Å². The van der Waals surface area contributed by atoms with Crippen LogP contribution >= 0.6 is 0 Å². The molecule has 1 amide bonds. The van der Waals surface area contributed by atoms with E-state index in [1.54, 1.807) is 0 Å². The Morgan fingerprint density at radius 2 is 2.24 bits per heavy atom. The van der Waals surface area contributed by atoms with E-state index in [4.69, 9.17) is 0 Å². The van der Waals surface area contributed by atoms with Gasteiger partial charge in [0.05, 0.1) is 11.7 Å². The van der Waals surface area contributed by atoms with Gasteiger partial charge >= 0.3 is 0 Å². The van der Waals surface area contributed by atoms with Crippen molar-refractivity contribution in [2.75, 3.05) is 13.1 Å². The van der Waals surface area contributed by atoms with Crippen LogP contribution in [0.5, 0.6) is 5.75 Å². The number of β-amino-alcohol motifs (C(OH)–C–C–N with tert-alkyl or cyclic N) is 1. The summed E-state index contributed by atoms with van der Waals surface area (Å²) in [4.78, 5) is 13.5. The maximum atomic E-state index is 12.8. The fourth-order valence-corrected chi connectivity index (χ4v) is 2.00. The number of hydrogen-bond acceptors (Lipinski definition) is 3. The number of hydrogen-bond donors (Lipinski definition) is 2. The number of phenolic OH excluding ortho intramolecular Hbond substituents is 1. The van der Waals surface area contributed by atoms with E-state index in [9.17, 15) is 19.4 Å². The Bertz CT molecular complexity index is 436. The van der Waals surface area contributed by atoms with Crippen LogP contribution in [0.25, 0.3) is 0 Å². The second-order valence-electron chi connectivity index (χ2n) is 4.21. The molecule has 0 spiro atoms. The molecule has 5 heteroatoms. The highest BCUT2D eigenvalue weighted by molar-refractivity contribution is 5.96. The number of amides is 1. The summed E-state index contributed by atoms with van der Waals surface area (Å²) in [7, 11) is 0. The molecule has 2 rings (SSSR count). The molecule has 1 aromatic carbocycles. The van der Waals surface area contributed by atoms with Crippen molar-refractivity contribution in [1.29, 1.82) is 0 Å². The number of benzene rings is 1. The van der Waals surface area contributed by atoms with Crippen LogP contribution in [0.15, 0.2) is 18.2 Å². The molecule has 1 fully saturated rings. The molecule has 1 saturated heterocycles. The van der Waals surface area contributed by atoms with Gasteiger partial charge in [-0.1, -0.05) is 0 Å². The predicted octanol–water partition coefficient (Wildman–Crippen LogP) is 1.13. The predicted molar refractivity (Wildman–Crippen MR) is 59.2 cm³/mol. The summed E-state index contributed by atoms with van der Waals surface area (Å²) in [5, 5.41) is 19.0. The average molecular weight is 239 g/mol. The molecule has 1 aromatic rings. The molecule has 2 N–H and O–H groups in total. The Labute approximate surface area is 98.3 Å². The van der Waals surface area contributed by atoms with Gasteiger partial charge in [-0.2, -0.15) is 0 Å². The summed E-state index contributed by atoms with van der Waals surface area (Å²) in [6, 6.07) is 3.30. The number of aliphatic hydroxyl groups is 1. The summed E-state index contributed by atoms with van der Waals surface area (Å²) in [6.07, 6.45) is 0.893. The van der Waals surface area contributed by atoms with Crippen molar-refractivity contribution in [3.8, 4) is 5.75 Å². The molecular formula is C12H14FNO3. The zero-order chi connectivity index (χ0) is 12.4. The van der Waals surface area contributed by atoms with Crippen molar-refractivity contribution in [1.82, 2.24) is 4.90 Å². The Morgan fingerprint density at radius 3 is 2.88 bits per heavy atom. The number of phenols is 1. The molecule has 0 saturated carbocycles. The largest absolute Gasteiger partial charge is 0.507 e. The molecule has 17 heavy (non-hydrogen) atoms. The summed E-state index contributed by atoms with van der Waals surface area (Å²) >= 11 is 0. The third-order valence-electron chi connectivity index (χ3n) is 2.87. The molecule has 0 aromatic heterocycles. The fourth-order valence-electron chi connectivity index (χ4n) is 2.00. The number of aromatic hydroxyl groups is 1. The van der Waals surface area contributed by atoms with Crippen LogP contribution in [0.2, 0.25) is 0 Å². The van der Waals surface area contributed by atoms with Crippen LogP contribution in [0.4, 0.5) is 4.39 Å². The van der Waals surface area contributed by atoms with Crippen LogP contribution < -0.4 is 0 Å². The van der Waals surface area contributed by atoms with Gasteiger partial charge in [0.1, 0.15) is 11.6 Å². The second-order valence-corrected chi connectivity index (χ2v) is 4.21. The standard InChI is InChI=1S/C12H14FNO3/c13-8-3-4-10(11(16)6-8)12(17)14-5-1-2-9(15)7-14/h3-4,6,9,15-16H,1-2,5,7H2/t9-/m0/s1. The van der Waals surface area contributed by atoms with Gasteiger partial charge in [-0.15, -0.1) is 0 Å². The summed E-state index contributed by atoms with van der Waals surface area (Å²) < 4.78 is 12.8. The van der Waals surface area contributed by atoms with Crippen molar-refractivity contribution in [2.24, 2.45) is 0 Å². The van der Waals surface area contributed by atoms with Crippen LogP contribution in [-0.4, -0.2) is 40.2 Å². The van der Waals surface area contributed by atoms with Crippen molar-refractivity contribution in [3.05, 3.63) is 29.6 Å². The van der Waals surface area contributed by atoms with Crippen LogP contribution in [0.3, 0.4) is 0 Å². The quantitative estimate of drug-likeness (QED) is 0.772. The fraction of sp³-hybridized carbons (Fsp3) is 0.417. The number of nitrogens with zero attached hydrogens (tertiary/aromatic N) is 1. The van der Waals surface area contributed by atoms with Crippen molar-refractivity contribution >= 4 is 5.91 Å². The van der Waals surface area contributed by atoms with Crippen LogP contribution in [-0.2, 0) is 0 Å². The number of halogens is 1. The Kier molecular flexibility index (Phi) is 3.28. The molecule has 1 heterocycles. The molecule has 0 bridgehead atoms. The Morgan fingerprint density at radius 1 is 1.47 bits per heavy atom. The number of carbonyl (C=O) groups excluding carboxylic acids is 1. The number of likely N-dealkylation sites (tertiary alicyclic amines) is 1. The number of piperidine rings is 1. The first kappa shape index (κ1) is 11.9. The van der Waals surface area contributed by atoms with E-state index in [1.165, 1.54) is 11.0 Å². The van der Waals surface area contributed by atoms with E-state index in [0.717, 1.165) is 18.6 Å². The van der Waals surface area contributed by atoms with Crippen molar-refractivity contribution in [2.45, 2.75) is 18.9 Å². The third kappa shape index (κ3) is 2.55. The number of aliphatic hydroxyl groups excluding tert-OH is 1. The molecule has 1 aliphatic rings. The van der Waals surface area contributed by atoms with Gasteiger partial charge in [0.25, 0.3) is 5.91 Å². The van der Waals surface area contributed by atoms with E-state index >= 15 is 0 Å². The highest BCUT2D eigenvalue weighted by atomic mass is 19.1. The lowest BCUT2D eigenvalue weighted by molar-refractivity contribution is 0.0471. The van der Waals surface area contributed by atoms with Gasteiger partial charge in [0.2, 0.25) is 0 Å². The topological polar surface area (TPSA) is 60.8 Å². The second kappa shape index (κ2) is 4.71. The van der Waals surface area contributed by atoms with Gasteiger partial charge < -0.3 is 15.1 Å². The first-order valence-corrected chi connectivity index (χ1v) is 5.54. The zero-order valence-electron chi connectivity index (χ0n) is 9.27. The van der Waals surface area contributed by atoms with Gasteiger partial charge in [0.15, 0.2) is 0 Å². The van der Waals surface area contributed by atoms with Crippen molar-refractivity contribution in [3.63, 3.8) is 0 Å². The first-order valence-electron chi connectivity index (χ1n) is 5.54. The summed E-state index contributed by atoms with van der Waals surface area (Å²) in [5.41, 5.74) is 0.0699. The lowest BCUT2D eigenvalue weighted by atomic mass is 10.1. The highest BCUT2D eigenvalue weighted by Gasteiger charge is 2.24. The molecule has 0 aliphatic carbocycles. The number of carbonyl (C=O) groups is 1. The molecular weight excluding hydrogens is 225 g/mol. The molecule has 0 radical (unpaired) electrons. The molecule has 0 unspecified atom stereocenters. The van der Waals surface area contributed by atoms with Crippen molar-refractivity contribution < 1.29 is 19.4 Å². The zero-order valence-corrected chi connectivity index (χ0v) is 9.27. The van der Waals surface area contributed by atoms with Gasteiger partial charge in [0, 0.05) is 19.2 Å². The van der Waals surface area contributed by atoms with Crippen LogP contribution in [0, 0.1) is 5.82 Å². The van der Waals surface area contributed by atoms with Gasteiger partial charge in [-0.05, 0) is 25.0 Å². The molecule has 1 atom stereocenters. The van der Waals surface area contributed by atoms with E-state index in [1.807, 2.05) is 0 Å². The maximum Gasteiger partial charge on any atom is 0.257 e. The smallest absolute Gasteiger partial charge is 0.257 e. The molecule has 4 nitrogen and oxygen atoms in total. The monoisotopic (exact) mass is 239 g/mol. The van der Waals surface area contributed by atoms with Crippen LogP contribution in [0.1, 0.15) is 23.2 Å². The minimum atomic E-state index is -0.585. The maximum absolute atomic E-state index is 12.8. The Balaban J connectivity index is 2.18. The normalized spacial score (nSPS) is 20.4. The minimum absolute atomic E-state index is 0.0699. The Hall–Kier alpha value is -1.62.